The Balaban J connectivity index is 3.82. The maximum Gasteiger partial charge on any atom is 0.323 e. The molecule has 3 heteroatoms. The smallest absolute Gasteiger partial charge is 0.323 e. The monoisotopic (exact) mass is 187 g/mol. The number of hydrogen-bond donors (Lipinski definition) is 1. The molecule has 78 valence electrons. The molecule has 0 aromatic rings. The summed E-state index contributed by atoms with van der Waals surface area (Å²) in [6.07, 6.45) is 0.901. The molecule has 0 rings (SSSR count). The fourth-order valence-corrected chi connectivity index (χ4v) is 0.831. The van der Waals surface area contributed by atoms with Crippen LogP contribution in [-0.4, -0.2) is 18.6 Å². The van der Waals surface area contributed by atoms with Crippen LogP contribution in [0.2, 0.25) is 0 Å². The van der Waals surface area contributed by atoms with Crippen molar-refractivity contribution in [1.29, 1.82) is 0 Å². The first kappa shape index (κ1) is 12.4. The highest BCUT2D eigenvalue weighted by molar-refractivity contribution is 5.75. The van der Waals surface area contributed by atoms with Crippen LogP contribution in [0.15, 0.2) is 0 Å². The molecule has 13 heavy (non-hydrogen) atoms. The molecule has 2 N–H and O–H groups in total. The van der Waals surface area contributed by atoms with Crippen LogP contribution in [0.1, 0.15) is 34.1 Å². The first-order chi connectivity index (χ1) is 5.99. The van der Waals surface area contributed by atoms with E-state index in [2.05, 4.69) is 0 Å². The maximum absolute atomic E-state index is 11.3. The lowest BCUT2D eigenvalue weighted by Gasteiger charge is -2.17. The molecule has 2 atom stereocenters. The Morgan fingerprint density at radius 1 is 1.38 bits per heavy atom. The van der Waals surface area contributed by atoms with Gasteiger partial charge >= 0.3 is 5.97 Å². The van der Waals surface area contributed by atoms with E-state index in [0.717, 1.165) is 6.42 Å². The largest absolute Gasteiger partial charge is 0.464 e. The van der Waals surface area contributed by atoms with Gasteiger partial charge in [0.05, 0.1) is 6.61 Å². The Kier molecular flexibility index (Phi) is 5.71. The molecule has 0 bridgehead atoms. The fourth-order valence-electron chi connectivity index (χ4n) is 0.831. The normalized spacial score (nSPS) is 15.5. The fraction of sp³-hybridized carbons (Fsp3) is 0.900. The Morgan fingerprint density at radius 2 is 1.92 bits per heavy atom. The molecule has 0 heterocycles. The zero-order valence-electron chi connectivity index (χ0n) is 9.04. The minimum Gasteiger partial charge on any atom is -0.464 e. The van der Waals surface area contributed by atoms with Gasteiger partial charge in [-0.25, -0.2) is 0 Å². The van der Waals surface area contributed by atoms with Crippen LogP contribution in [0.3, 0.4) is 0 Å². The number of ether oxygens (including phenoxy) is 1. The van der Waals surface area contributed by atoms with E-state index in [0.29, 0.717) is 12.5 Å². The summed E-state index contributed by atoms with van der Waals surface area (Å²) in [7, 11) is 0. The minimum atomic E-state index is -0.469. The number of esters is 1. The predicted molar refractivity (Wildman–Crippen MR) is 53.2 cm³/mol. The van der Waals surface area contributed by atoms with Crippen LogP contribution in [0.25, 0.3) is 0 Å². The van der Waals surface area contributed by atoms with Crippen LogP contribution >= 0.6 is 0 Å². The van der Waals surface area contributed by atoms with Gasteiger partial charge in [0.25, 0.3) is 0 Å². The minimum absolute atomic E-state index is 0.194. The molecule has 0 aliphatic heterocycles. The summed E-state index contributed by atoms with van der Waals surface area (Å²) >= 11 is 0. The van der Waals surface area contributed by atoms with Gasteiger partial charge in [-0.15, -0.1) is 0 Å². The molecular formula is C10H21NO2. The molecular weight excluding hydrogens is 166 g/mol. The summed E-state index contributed by atoms with van der Waals surface area (Å²) < 4.78 is 5.02. The number of carbonyl (C=O) groups excluding carboxylic acids is 1. The van der Waals surface area contributed by atoms with Gasteiger partial charge < -0.3 is 10.5 Å². The zero-order valence-corrected chi connectivity index (χ0v) is 9.04. The maximum atomic E-state index is 11.3. The lowest BCUT2D eigenvalue weighted by Crippen LogP contribution is -2.38. The topological polar surface area (TPSA) is 52.3 Å². The van der Waals surface area contributed by atoms with E-state index >= 15 is 0 Å². The van der Waals surface area contributed by atoms with Crippen molar-refractivity contribution in [2.45, 2.75) is 40.2 Å². The van der Waals surface area contributed by atoms with Crippen LogP contribution < -0.4 is 5.73 Å². The van der Waals surface area contributed by atoms with Crippen LogP contribution in [-0.2, 0) is 9.53 Å². The van der Waals surface area contributed by atoms with Crippen molar-refractivity contribution < 1.29 is 9.53 Å². The van der Waals surface area contributed by atoms with Crippen molar-refractivity contribution in [1.82, 2.24) is 0 Å². The molecule has 0 aromatic heterocycles. The summed E-state index contributed by atoms with van der Waals surface area (Å²) in [6, 6.07) is -0.469. The summed E-state index contributed by atoms with van der Waals surface area (Å²) in [6.45, 7) is 8.44. The van der Waals surface area contributed by atoms with E-state index in [1.165, 1.54) is 0 Å². The first-order valence-electron chi connectivity index (χ1n) is 4.91. The van der Waals surface area contributed by atoms with Crippen molar-refractivity contribution in [3.63, 3.8) is 0 Å². The van der Waals surface area contributed by atoms with Crippen molar-refractivity contribution in [3.05, 3.63) is 0 Å². The highest BCUT2D eigenvalue weighted by Crippen LogP contribution is 2.07. The molecule has 0 saturated carbocycles. The molecule has 0 saturated heterocycles. The van der Waals surface area contributed by atoms with Gasteiger partial charge in [-0.3, -0.25) is 4.79 Å². The highest BCUT2D eigenvalue weighted by atomic mass is 16.5. The summed E-state index contributed by atoms with van der Waals surface area (Å²) in [5.41, 5.74) is 5.68. The molecule has 0 aromatic carbocycles. The van der Waals surface area contributed by atoms with Gasteiger partial charge in [0.1, 0.15) is 6.04 Å². The van der Waals surface area contributed by atoms with Crippen molar-refractivity contribution >= 4 is 5.97 Å². The molecule has 3 nitrogen and oxygen atoms in total. The van der Waals surface area contributed by atoms with Crippen molar-refractivity contribution in [2.24, 2.45) is 17.6 Å². The summed E-state index contributed by atoms with van der Waals surface area (Å²) in [5.74, 6) is 0.288. The third kappa shape index (κ3) is 4.88. The predicted octanol–water partition coefficient (Wildman–Crippen LogP) is 1.56. The van der Waals surface area contributed by atoms with Crippen LogP contribution in [0.4, 0.5) is 0 Å². The van der Waals surface area contributed by atoms with E-state index in [1.807, 2.05) is 27.7 Å². The zero-order chi connectivity index (χ0) is 10.4. The van der Waals surface area contributed by atoms with E-state index < -0.39 is 6.04 Å². The summed E-state index contributed by atoms with van der Waals surface area (Å²) in [4.78, 5) is 11.3. The van der Waals surface area contributed by atoms with Crippen LogP contribution in [0, 0.1) is 11.8 Å². The molecule has 0 aliphatic rings. The second-order valence-electron chi connectivity index (χ2n) is 3.94. The Morgan fingerprint density at radius 3 is 2.31 bits per heavy atom. The SMILES string of the molecule is CCC(C)[C@@H](N)C(=O)OCC(C)C. The van der Waals surface area contributed by atoms with E-state index in [9.17, 15) is 4.79 Å². The lowest BCUT2D eigenvalue weighted by molar-refractivity contribution is -0.147. The molecule has 1 unspecified atom stereocenters. The molecule has 0 aliphatic carbocycles. The first-order valence-corrected chi connectivity index (χ1v) is 4.91. The molecule has 0 fully saturated rings. The van der Waals surface area contributed by atoms with Gasteiger partial charge in [0, 0.05) is 0 Å². The second-order valence-corrected chi connectivity index (χ2v) is 3.94. The average molecular weight is 187 g/mol. The van der Waals surface area contributed by atoms with Crippen molar-refractivity contribution in [3.8, 4) is 0 Å². The van der Waals surface area contributed by atoms with E-state index in [-0.39, 0.29) is 11.9 Å². The molecule has 0 amide bonds. The van der Waals surface area contributed by atoms with Gasteiger partial charge in [0.15, 0.2) is 0 Å². The number of hydrogen-bond acceptors (Lipinski definition) is 3. The summed E-state index contributed by atoms with van der Waals surface area (Å²) in [5, 5.41) is 0. The number of rotatable bonds is 5. The van der Waals surface area contributed by atoms with Crippen LogP contribution in [0.5, 0.6) is 0 Å². The highest BCUT2D eigenvalue weighted by Gasteiger charge is 2.20. The standard InChI is InChI=1S/C10H21NO2/c1-5-8(4)9(11)10(12)13-6-7(2)3/h7-9H,5-6,11H2,1-4H3/t8?,9-/m1/s1. The van der Waals surface area contributed by atoms with Gasteiger partial charge in [-0.1, -0.05) is 34.1 Å². The van der Waals surface area contributed by atoms with Gasteiger partial charge in [0.2, 0.25) is 0 Å². The number of nitrogens with two attached hydrogens (primary N) is 1. The van der Waals surface area contributed by atoms with E-state index in [1.54, 1.807) is 0 Å². The number of carbonyl (C=O) groups is 1. The lowest BCUT2D eigenvalue weighted by atomic mass is 10.0. The molecule has 0 spiro atoms. The third-order valence-electron chi connectivity index (χ3n) is 2.09. The second kappa shape index (κ2) is 5.97. The van der Waals surface area contributed by atoms with Gasteiger partial charge in [-0.05, 0) is 11.8 Å². The quantitative estimate of drug-likeness (QED) is 0.664. The Bertz CT molecular complexity index is 157. The van der Waals surface area contributed by atoms with E-state index in [4.69, 9.17) is 10.5 Å². The Hall–Kier alpha value is -0.570. The van der Waals surface area contributed by atoms with Gasteiger partial charge in [-0.2, -0.15) is 0 Å². The average Bonchev–Trinajstić information content (AvgIpc) is 2.11. The van der Waals surface area contributed by atoms with Crippen molar-refractivity contribution in [2.75, 3.05) is 6.61 Å². The third-order valence-corrected chi connectivity index (χ3v) is 2.09. The Labute approximate surface area is 80.6 Å². The molecule has 0 radical (unpaired) electrons.